The number of aryl methyl sites for hydroxylation is 1. The molecule has 1 aromatic carbocycles. The highest BCUT2D eigenvalue weighted by Crippen LogP contribution is 2.42. The standard InChI is InChI=1S/C17H23NO5S/c1-13-2-4-14(5-3-13)24(20,21)11-10-22-15(19)17-8-6-16(18,7-9-17)12-23-17/h2-5H,6-12,18H2,1H3. The number of hydrogen-bond donors (Lipinski definition) is 1. The Labute approximate surface area is 142 Å². The lowest BCUT2D eigenvalue weighted by Crippen LogP contribution is -2.62. The summed E-state index contributed by atoms with van der Waals surface area (Å²) in [4.78, 5) is 12.6. The number of carbonyl (C=O) groups excluding carboxylic acids is 1. The van der Waals surface area contributed by atoms with E-state index >= 15 is 0 Å². The normalized spacial score (nSPS) is 29.4. The van der Waals surface area contributed by atoms with E-state index in [1.54, 1.807) is 24.3 Å². The molecule has 0 aromatic heterocycles. The van der Waals surface area contributed by atoms with E-state index in [0.29, 0.717) is 19.4 Å². The van der Waals surface area contributed by atoms with Gasteiger partial charge in [0.25, 0.3) is 0 Å². The van der Waals surface area contributed by atoms with Crippen molar-refractivity contribution in [2.75, 3.05) is 19.0 Å². The zero-order valence-electron chi connectivity index (χ0n) is 13.8. The summed E-state index contributed by atoms with van der Waals surface area (Å²) >= 11 is 0. The SMILES string of the molecule is Cc1ccc(S(=O)(=O)CCOC(=O)C23CCC(N)(CC2)CO3)cc1. The molecule has 4 rings (SSSR count). The number of rotatable bonds is 5. The molecule has 2 aliphatic heterocycles. The summed E-state index contributed by atoms with van der Waals surface area (Å²) in [6.45, 7) is 2.07. The van der Waals surface area contributed by atoms with Gasteiger partial charge < -0.3 is 15.2 Å². The van der Waals surface area contributed by atoms with E-state index in [0.717, 1.165) is 18.4 Å². The second-order valence-electron chi connectivity index (χ2n) is 6.91. The Kier molecular flexibility index (Phi) is 4.44. The average molecular weight is 353 g/mol. The van der Waals surface area contributed by atoms with Crippen LogP contribution in [0.5, 0.6) is 0 Å². The van der Waals surface area contributed by atoms with Crippen LogP contribution >= 0.6 is 0 Å². The number of ether oxygens (including phenoxy) is 2. The van der Waals surface area contributed by atoms with Crippen LogP contribution in [0.4, 0.5) is 0 Å². The van der Waals surface area contributed by atoms with Crippen molar-refractivity contribution in [3.8, 4) is 0 Å². The van der Waals surface area contributed by atoms with Crippen molar-refractivity contribution in [3.63, 3.8) is 0 Å². The number of esters is 1. The fraction of sp³-hybridized carbons (Fsp3) is 0.588. The molecule has 2 bridgehead atoms. The summed E-state index contributed by atoms with van der Waals surface area (Å²) in [5, 5.41) is 0. The lowest BCUT2D eigenvalue weighted by atomic mass is 9.72. The number of hydrogen-bond acceptors (Lipinski definition) is 6. The fourth-order valence-corrected chi connectivity index (χ4v) is 4.31. The molecular weight excluding hydrogens is 330 g/mol. The molecule has 1 aliphatic carbocycles. The zero-order chi connectivity index (χ0) is 17.4. The smallest absolute Gasteiger partial charge is 0.338 e. The maximum Gasteiger partial charge on any atom is 0.338 e. The molecule has 0 unspecified atom stereocenters. The van der Waals surface area contributed by atoms with Crippen molar-refractivity contribution >= 4 is 15.8 Å². The number of carbonyl (C=O) groups is 1. The summed E-state index contributed by atoms with van der Waals surface area (Å²) in [7, 11) is -3.47. The van der Waals surface area contributed by atoms with E-state index in [4.69, 9.17) is 15.2 Å². The van der Waals surface area contributed by atoms with Crippen LogP contribution in [-0.4, -0.2) is 44.5 Å². The summed E-state index contributed by atoms with van der Waals surface area (Å²) in [5.74, 6) is -0.707. The molecule has 132 valence electrons. The first kappa shape index (κ1) is 17.4. The van der Waals surface area contributed by atoms with E-state index in [-0.39, 0.29) is 22.8 Å². The molecule has 1 aromatic rings. The van der Waals surface area contributed by atoms with Crippen LogP contribution in [0.1, 0.15) is 31.2 Å². The number of sulfone groups is 1. The number of fused-ring (bicyclic) bond motifs is 3. The van der Waals surface area contributed by atoms with Crippen molar-refractivity contribution in [2.24, 2.45) is 5.73 Å². The minimum atomic E-state index is -3.47. The van der Waals surface area contributed by atoms with Crippen LogP contribution in [-0.2, 0) is 24.1 Å². The van der Waals surface area contributed by atoms with Crippen molar-refractivity contribution in [1.82, 2.24) is 0 Å². The summed E-state index contributed by atoms with van der Waals surface area (Å²) < 4.78 is 35.4. The van der Waals surface area contributed by atoms with Gasteiger partial charge in [0, 0.05) is 5.54 Å². The van der Waals surface area contributed by atoms with Gasteiger partial charge in [0.05, 0.1) is 17.3 Å². The van der Waals surface area contributed by atoms with Gasteiger partial charge in [-0.3, -0.25) is 0 Å². The Bertz CT molecular complexity index is 701. The Balaban J connectivity index is 1.56. The largest absolute Gasteiger partial charge is 0.462 e. The van der Waals surface area contributed by atoms with Crippen LogP contribution in [0.25, 0.3) is 0 Å². The first-order chi connectivity index (χ1) is 11.2. The third-order valence-electron chi connectivity index (χ3n) is 5.03. The van der Waals surface area contributed by atoms with Gasteiger partial charge in [0.2, 0.25) is 0 Å². The highest BCUT2D eigenvalue weighted by Gasteiger charge is 2.53. The Morgan fingerprint density at radius 1 is 1.21 bits per heavy atom. The van der Waals surface area contributed by atoms with Gasteiger partial charge in [0.1, 0.15) is 6.61 Å². The predicted octanol–water partition coefficient (Wildman–Crippen LogP) is 1.35. The van der Waals surface area contributed by atoms with Gasteiger partial charge in [-0.05, 0) is 44.7 Å². The van der Waals surface area contributed by atoms with Gasteiger partial charge in [0.15, 0.2) is 15.4 Å². The molecule has 3 fully saturated rings. The minimum Gasteiger partial charge on any atom is -0.462 e. The first-order valence-electron chi connectivity index (χ1n) is 8.14. The summed E-state index contributed by atoms with van der Waals surface area (Å²) in [5.41, 5.74) is 5.86. The summed E-state index contributed by atoms with van der Waals surface area (Å²) in [6.07, 6.45) is 2.52. The lowest BCUT2D eigenvalue weighted by Gasteiger charge is -2.49. The van der Waals surface area contributed by atoms with Gasteiger partial charge >= 0.3 is 5.97 Å². The molecule has 6 nitrogen and oxygen atoms in total. The topological polar surface area (TPSA) is 95.7 Å². The van der Waals surface area contributed by atoms with Crippen LogP contribution in [0.15, 0.2) is 29.2 Å². The molecule has 0 atom stereocenters. The third kappa shape index (κ3) is 3.34. The lowest BCUT2D eigenvalue weighted by molar-refractivity contribution is -0.198. The fourth-order valence-electron chi connectivity index (χ4n) is 3.22. The molecule has 2 N–H and O–H groups in total. The number of nitrogens with two attached hydrogens (primary N) is 1. The predicted molar refractivity (Wildman–Crippen MR) is 88.3 cm³/mol. The zero-order valence-corrected chi connectivity index (χ0v) is 14.6. The average Bonchev–Trinajstić information content (AvgIpc) is 2.56. The van der Waals surface area contributed by atoms with Gasteiger partial charge in [-0.2, -0.15) is 0 Å². The highest BCUT2D eigenvalue weighted by atomic mass is 32.2. The highest BCUT2D eigenvalue weighted by molar-refractivity contribution is 7.91. The van der Waals surface area contributed by atoms with Crippen LogP contribution < -0.4 is 5.73 Å². The maximum absolute atomic E-state index is 12.4. The molecule has 0 amide bonds. The minimum absolute atomic E-state index is 0.173. The molecular formula is C17H23NO5S. The molecule has 0 spiro atoms. The van der Waals surface area contributed by atoms with Crippen LogP contribution in [0, 0.1) is 6.92 Å². The van der Waals surface area contributed by atoms with E-state index in [1.165, 1.54) is 0 Å². The summed E-state index contributed by atoms with van der Waals surface area (Å²) in [6, 6.07) is 6.62. The van der Waals surface area contributed by atoms with E-state index in [2.05, 4.69) is 0 Å². The molecule has 7 heteroatoms. The second kappa shape index (κ2) is 6.13. The molecule has 2 saturated heterocycles. The van der Waals surface area contributed by atoms with Gasteiger partial charge in [-0.25, -0.2) is 13.2 Å². The van der Waals surface area contributed by atoms with Crippen molar-refractivity contribution in [3.05, 3.63) is 29.8 Å². The Morgan fingerprint density at radius 2 is 1.83 bits per heavy atom. The van der Waals surface area contributed by atoms with Crippen molar-refractivity contribution in [2.45, 2.75) is 48.6 Å². The molecule has 24 heavy (non-hydrogen) atoms. The van der Waals surface area contributed by atoms with Gasteiger partial charge in [-0.15, -0.1) is 0 Å². The van der Waals surface area contributed by atoms with E-state index in [1.807, 2.05) is 6.92 Å². The first-order valence-corrected chi connectivity index (χ1v) is 9.80. The van der Waals surface area contributed by atoms with Crippen LogP contribution in [0.2, 0.25) is 0 Å². The molecule has 3 aliphatic rings. The molecule has 0 radical (unpaired) electrons. The second-order valence-corrected chi connectivity index (χ2v) is 9.02. The van der Waals surface area contributed by atoms with Crippen molar-refractivity contribution in [1.29, 1.82) is 0 Å². The maximum atomic E-state index is 12.4. The van der Waals surface area contributed by atoms with Crippen molar-refractivity contribution < 1.29 is 22.7 Å². The van der Waals surface area contributed by atoms with Crippen LogP contribution in [0.3, 0.4) is 0 Å². The Morgan fingerprint density at radius 3 is 2.38 bits per heavy atom. The quantitative estimate of drug-likeness (QED) is 0.803. The van der Waals surface area contributed by atoms with E-state index in [9.17, 15) is 13.2 Å². The van der Waals surface area contributed by atoms with Gasteiger partial charge in [-0.1, -0.05) is 17.7 Å². The molecule has 1 saturated carbocycles. The Hall–Kier alpha value is -1.44. The van der Waals surface area contributed by atoms with E-state index < -0.39 is 21.4 Å². The monoisotopic (exact) mass is 353 g/mol. The molecule has 2 heterocycles. The number of benzene rings is 1. The third-order valence-corrected chi connectivity index (χ3v) is 6.72.